The van der Waals surface area contributed by atoms with Gasteiger partial charge >= 0.3 is 19.9 Å². The first-order chi connectivity index (χ1) is 23.4. The summed E-state index contributed by atoms with van der Waals surface area (Å²) in [5, 5.41) is 15.3. The quantitative estimate of drug-likeness (QED) is 0.0911. The highest BCUT2D eigenvalue weighted by Crippen LogP contribution is 2.45. The van der Waals surface area contributed by atoms with E-state index >= 15 is 4.39 Å². The number of hydrogen-bond acceptors (Lipinski definition) is 12. The van der Waals surface area contributed by atoms with E-state index in [-0.39, 0.29) is 17.7 Å². The summed E-state index contributed by atoms with van der Waals surface area (Å²) in [7, 11) is -5.03. The number of rotatable bonds is 12. The van der Waals surface area contributed by atoms with Gasteiger partial charge in [-0.05, 0) is 36.4 Å². The highest BCUT2D eigenvalue weighted by molar-refractivity contribution is 7.46. The molecule has 14 nitrogen and oxygen atoms in total. The predicted octanol–water partition coefficient (Wildman–Crippen LogP) is 5.69. The van der Waals surface area contributed by atoms with Crippen LogP contribution in [-0.4, -0.2) is 48.5 Å². The summed E-state index contributed by atoms with van der Waals surface area (Å²) in [5.41, 5.74) is -1.02. The van der Waals surface area contributed by atoms with Crippen LogP contribution in [0.25, 0.3) is 11.3 Å². The molecule has 0 saturated heterocycles. The molecule has 0 fully saturated rings. The largest absolute Gasteiger partial charge is 0.524 e. The lowest BCUT2D eigenvalue weighted by Gasteiger charge is -2.37. The van der Waals surface area contributed by atoms with Crippen molar-refractivity contribution in [2.24, 2.45) is 0 Å². The SMILES string of the molecule is CC(c1nc(-c2ccc(C#N)cc2)cs1)C(Cn1cncn1)(OC(=O)OCOC(=O)c1ccccc1OP(=O)(O)O)c1ccc(F)cc1F. The van der Waals surface area contributed by atoms with Gasteiger partial charge in [0.2, 0.25) is 6.79 Å². The number of carbonyl (C=O) groups is 2. The van der Waals surface area contributed by atoms with Crippen molar-refractivity contribution in [3.8, 4) is 23.1 Å². The van der Waals surface area contributed by atoms with E-state index in [9.17, 15) is 18.5 Å². The second-order valence-electron chi connectivity index (χ2n) is 10.2. The molecule has 0 spiro atoms. The molecule has 0 radical (unpaired) electrons. The first-order valence-corrected chi connectivity index (χ1v) is 16.4. The van der Waals surface area contributed by atoms with Gasteiger partial charge in [-0.25, -0.2) is 37.6 Å². The van der Waals surface area contributed by atoms with Crippen molar-refractivity contribution in [2.45, 2.75) is 25.0 Å². The van der Waals surface area contributed by atoms with Crippen LogP contribution in [0, 0.1) is 23.0 Å². The normalized spacial score (nSPS) is 13.1. The number of carbonyl (C=O) groups excluding carboxylic acids is 2. The maximum atomic E-state index is 15.6. The maximum Gasteiger partial charge on any atom is 0.524 e. The number of para-hydroxylation sites is 1. The Morgan fingerprint density at radius 3 is 2.53 bits per heavy atom. The molecular formula is C31H24F2N5O9PS. The number of ether oxygens (including phenoxy) is 3. The van der Waals surface area contributed by atoms with Crippen molar-refractivity contribution in [1.29, 1.82) is 5.26 Å². The molecule has 2 heterocycles. The first kappa shape index (κ1) is 34.8. The number of halogens is 2. The van der Waals surface area contributed by atoms with E-state index in [2.05, 4.69) is 19.6 Å². The summed E-state index contributed by atoms with van der Waals surface area (Å²) in [5.74, 6) is -4.56. The zero-order chi connectivity index (χ0) is 35.2. The van der Waals surface area contributed by atoms with Gasteiger partial charge in [0.25, 0.3) is 0 Å². The number of phosphoric ester groups is 1. The third-order valence-electron chi connectivity index (χ3n) is 7.11. The molecule has 18 heteroatoms. The minimum atomic E-state index is -5.03. The van der Waals surface area contributed by atoms with Crippen LogP contribution in [0.1, 0.15) is 39.3 Å². The van der Waals surface area contributed by atoms with Crippen LogP contribution in [0.15, 0.2) is 84.8 Å². The number of hydrogen-bond donors (Lipinski definition) is 2. The Morgan fingerprint density at radius 1 is 1.10 bits per heavy atom. The monoisotopic (exact) mass is 711 g/mol. The van der Waals surface area contributed by atoms with Gasteiger partial charge in [-0.2, -0.15) is 10.4 Å². The zero-order valence-electron chi connectivity index (χ0n) is 25.2. The summed E-state index contributed by atoms with van der Waals surface area (Å²) in [4.78, 5) is 52.8. The predicted molar refractivity (Wildman–Crippen MR) is 166 cm³/mol. The van der Waals surface area contributed by atoms with Crippen molar-refractivity contribution < 1.29 is 51.5 Å². The van der Waals surface area contributed by atoms with Gasteiger partial charge in [-0.1, -0.05) is 31.2 Å². The standard InChI is InChI=1S/C31H24F2N5O9PS/c1-19(28-37-26(14-49-28)21-8-6-20(13-34)7-9-21)31(15-38-17-35-16-36-38,24-11-10-22(32)12-25(24)33)46-30(40)45-18-44-29(39)23-4-2-3-5-27(23)47-48(41,42)43/h2-12,14,16-17,19H,15,18H2,1H3,(H2,41,42,43). The van der Waals surface area contributed by atoms with E-state index in [1.165, 1.54) is 40.8 Å². The fourth-order valence-electron chi connectivity index (χ4n) is 4.78. The molecule has 0 aliphatic heterocycles. The van der Waals surface area contributed by atoms with Crippen LogP contribution in [0.4, 0.5) is 13.6 Å². The Balaban J connectivity index is 1.45. The van der Waals surface area contributed by atoms with Crippen LogP contribution in [0.3, 0.4) is 0 Å². The number of benzene rings is 3. The Hall–Kier alpha value is -5.53. The van der Waals surface area contributed by atoms with Crippen LogP contribution < -0.4 is 4.52 Å². The third kappa shape index (κ3) is 8.31. The molecule has 2 unspecified atom stereocenters. The molecule has 5 aromatic rings. The lowest BCUT2D eigenvalue weighted by molar-refractivity contribution is -0.0882. The Labute approximate surface area is 280 Å². The van der Waals surface area contributed by atoms with E-state index in [1.54, 1.807) is 36.6 Å². The van der Waals surface area contributed by atoms with E-state index in [0.717, 1.165) is 24.3 Å². The van der Waals surface area contributed by atoms with E-state index in [1.807, 2.05) is 6.07 Å². The van der Waals surface area contributed by atoms with Crippen molar-refractivity contribution in [2.75, 3.05) is 6.79 Å². The topological polar surface area (TPSA) is 196 Å². The summed E-state index contributed by atoms with van der Waals surface area (Å²) < 4.78 is 62.7. The second-order valence-corrected chi connectivity index (χ2v) is 12.3. The van der Waals surface area contributed by atoms with Crippen molar-refractivity contribution in [3.05, 3.63) is 118 Å². The van der Waals surface area contributed by atoms with Gasteiger partial charge in [-0.3, -0.25) is 9.79 Å². The minimum absolute atomic E-state index is 0.260. The third-order valence-corrected chi connectivity index (χ3v) is 8.57. The summed E-state index contributed by atoms with van der Waals surface area (Å²) >= 11 is 1.17. The number of esters is 1. The molecular weight excluding hydrogens is 687 g/mol. The van der Waals surface area contributed by atoms with Crippen LogP contribution in [-0.2, 0) is 30.9 Å². The van der Waals surface area contributed by atoms with Crippen LogP contribution in [0.5, 0.6) is 5.75 Å². The smallest absolute Gasteiger partial charge is 0.424 e. The Morgan fingerprint density at radius 2 is 1.86 bits per heavy atom. The molecule has 0 saturated carbocycles. The van der Waals surface area contributed by atoms with Gasteiger partial charge in [-0.15, -0.1) is 11.3 Å². The van der Waals surface area contributed by atoms with Gasteiger partial charge in [0, 0.05) is 22.6 Å². The number of thiazole rings is 1. The van der Waals surface area contributed by atoms with Crippen LogP contribution >= 0.6 is 19.2 Å². The first-order valence-electron chi connectivity index (χ1n) is 14.0. The van der Waals surface area contributed by atoms with Gasteiger partial charge in [0.05, 0.1) is 29.8 Å². The highest BCUT2D eigenvalue weighted by atomic mass is 32.1. The van der Waals surface area contributed by atoms with E-state index in [0.29, 0.717) is 27.9 Å². The average molecular weight is 712 g/mol. The molecule has 0 bridgehead atoms. The molecule has 0 aliphatic rings. The molecule has 2 N–H and O–H groups in total. The molecule has 0 aliphatic carbocycles. The molecule has 2 aromatic heterocycles. The number of nitrogens with zero attached hydrogens (tertiary/aromatic N) is 5. The molecule has 49 heavy (non-hydrogen) atoms. The molecule has 0 amide bonds. The summed E-state index contributed by atoms with van der Waals surface area (Å²) in [6, 6.07) is 16.4. The molecule has 2 atom stereocenters. The molecule has 252 valence electrons. The average Bonchev–Trinajstić information content (AvgIpc) is 3.76. The number of phosphoric acid groups is 1. The van der Waals surface area contributed by atoms with E-state index < -0.39 is 55.6 Å². The Kier molecular flexibility index (Phi) is 10.4. The Bertz CT molecular complexity index is 2050. The van der Waals surface area contributed by atoms with E-state index in [4.69, 9.17) is 29.3 Å². The highest BCUT2D eigenvalue weighted by Gasteiger charge is 2.47. The van der Waals surface area contributed by atoms with Crippen LogP contribution in [0.2, 0.25) is 0 Å². The molecule has 5 rings (SSSR count). The summed E-state index contributed by atoms with van der Waals surface area (Å²) in [6.07, 6.45) is 1.06. The van der Waals surface area contributed by atoms with Gasteiger partial charge < -0.3 is 18.7 Å². The van der Waals surface area contributed by atoms with Crippen molar-refractivity contribution in [1.82, 2.24) is 19.7 Å². The lowest BCUT2D eigenvalue weighted by Crippen LogP contribution is -2.43. The molecule has 3 aromatic carbocycles. The fourth-order valence-corrected chi connectivity index (χ4v) is 6.16. The maximum absolute atomic E-state index is 15.6. The van der Waals surface area contributed by atoms with Crippen molar-refractivity contribution in [3.63, 3.8) is 0 Å². The lowest BCUT2D eigenvalue weighted by atomic mass is 9.81. The van der Waals surface area contributed by atoms with Gasteiger partial charge in [0.1, 0.15) is 40.6 Å². The number of nitriles is 1. The fraction of sp³-hybridized carbons (Fsp3) is 0.161. The number of aromatic nitrogens is 4. The minimum Gasteiger partial charge on any atom is -0.424 e. The van der Waals surface area contributed by atoms with Gasteiger partial charge in [0.15, 0.2) is 5.60 Å². The van der Waals surface area contributed by atoms with Crippen molar-refractivity contribution >= 4 is 31.3 Å². The second kappa shape index (κ2) is 14.7. The summed E-state index contributed by atoms with van der Waals surface area (Å²) in [6.45, 7) is 0.207. The zero-order valence-corrected chi connectivity index (χ0v) is 26.9.